The van der Waals surface area contributed by atoms with Gasteiger partial charge in [0.15, 0.2) is 5.75 Å². The van der Waals surface area contributed by atoms with Crippen LogP contribution in [0.15, 0.2) is 106 Å². The molecule has 28 heavy (non-hydrogen) atoms. The first-order chi connectivity index (χ1) is 13.5. The second-order valence-corrected chi connectivity index (χ2v) is 6.34. The summed E-state index contributed by atoms with van der Waals surface area (Å²) in [5, 5.41) is 9.66. The van der Waals surface area contributed by atoms with Gasteiger partial charge in [0.25, 0.3) is 0 Å². The maximum absolute atomic E-state index is 11.4. The summed E-state index contributed by atoms with van der Waals surface area (Å²) in [6, 6.07) is 9.49. The number of aliphatic imine (C=N–C) groups is 1. The van der Waals surface area contributed by atoms with E-state index in [0.29, 0.717) is 11.5 Å². The molecule has 1 aliphatic carbocycles. The third-order valence-corrected chi connectivity index (χ3v) is 4.19. The summed E-state index contributed by atoms with van der Waals surface area (Å²) in [6.07, 6.45) is 10.2. The minimum atomic E-state index is -0.429. The van der Waals surface area contributed by atoms with Gasteiger partial charge in [-0.3, -0.25) is 4.79 Å². The summed E-state index contributed by atoms with van der Waals surface area (Å²) in [6.45, 7) is 7.61. The molecule has 1 N–H and O–H groups in total. The number of pyridine rings is 1. The highest BCUT2D eigenvalue weighted by Crippen LogP contribution is 2.24. The van der Waals surface area contributed by atoms with Gasteiger partial charge in [-0.25, -0.2) is 4.99 Å². The number of rotatable bonds is 4. The van der Waals surface area contributed by atoms with Crippen LogP contribution in [0.3, 0.4) is 0 Å². The van der Waals surface area contributed by atoms with Gasteiger partial charge in [0.05, 0.1) is 11.9 Å². The fourth-order valence-electron chi connectivity index (χ4n) is 2.76. The Balaban J connectivity index is 1.99. The Labute approximate surface area is 163 Å². The Bertz CT molecular complexity index is 1190. The van der Waals surface area contributed by atoms with Crippen molar-refractivity contribution in [2.24, 2.45) is 4.99 Å². The lowest BCUT2D eigenvalue weighted by atomic mass is 9.98. The van der Waals surface area contributed by atoms with Crippen molar-refractivity contribution in [1.29, 1.82) is 0 Å². The number of nitrogens with zero attached hydrogens (tertiary/aromatic N) is 2. The molecule has 1 heterocycles. The molecular formula is C24H20N2O2. The first kappa shape index (κ1) is 18.9. The highest BCUT2D eigenvalue weighted by Gasteiger charge is 2.08. The summed E-state index contributed by atoms with van der Waals surface area (Å²) in [5.41, 5.74) is 10.5. The van der Waals surface area contributed by atoms with Crippen molar-refractivity contribution in [2.45, 2.75) is 13.8 Å². The molecule has 0 atom stereocenters. The van der Waals surface area contributed by atoms with Crippen molar-refractivity contribution >= 4 is 11.4 Å². The van der Waals surface area contributed by atoms with Gasteiger partial charge in [-0.1, -0.05) is 53.9 Å². The van der Waals surface area contributed by atoms with E-state index in [0.717, 1.165) is 16.7 Å². The second-order valence-electron chi connectivity index (χ2n) is 6.34. The van der Waals surface area contributed by atoms with E-state index in [4.69, 9.17) is 0 Å². The number of hydrogen-bond acceptors (Lipinski definition) is 3. The molecule has 1 aromatic heterocycles. The second kappa shape index (κ2) is 8.24. The Morgan fingerprint density at radius 3 is 2.86 bits per heavy atom. The monoisotopic (exact) mass is 368 g/mol. The van der Waals surface area contributed by atoms with E-state index < -0.39 is 5.43 Å². The maximum Gasteiger partial charge on any atom is 0.223 e. The van der Waals surface area contributed by atoms with E-state index in [-0.39, 0.29) is 5.75 Å². The van der Waals surface area contributed by atoms with Gasteiger partial charge >= 0.3 is 0 Å². The Hall–Kier alpha value is -3.84. The third kappa shape index (κ3) is 4.28. The van der Waals surface area contributed by atoms with Crippen molar-refractivity contribution in [3.63, 3.8) is 0 Å². The highest BCUT2D eigenvalue weighted by molar-refractivity contribution is 5.84. The molecule has 0 unspecified atom stereocenters. The Kier molecular flexibility index (Phi) is 5.57. The molecule has 0 saturated carbocycles. The fraction of sp³-hybridized carbons (Fsp3) is 0.0833. The molecule has 0 aliphatic heterocycles. The van der Waals surface area contributed by atoms with E-state index in [1.54, 1.807) is 29.8 Å². The molecule has 4 nitrogen and oxygen atoms in total. The van der Waals surface area contributed by atoms with Crippen molar-refractivity contribution in [2.75, 3.05) is 0 Å². The van der Waals surface area contributed by atoms with Crippen LogP contribution in [0, 0.1) is 6.92 Å². The SMILES string of the molecule is C=C/C=C(\N=C(/C)n1ccc(=O)c(O)c1)C1=CC(c2cccc(C)c2)=C=C=C1. The minimum Gasteiger partial charge on any atom is -0.503 e. The average Bonchev–Trinajstić information content (AvgIpc) is 2.70. The van der Waals surface area contributed by atoms with Gasteiger partial charge in [0, 0.05) is 23.4 Å². The topological polar surface area (TPSA) is 54.6 Å². The van der Waals surface area contributed by atoms with Gasteiger partial charge in [-0.15, -0.1) is 0 Å². The minimum absolute atomic E-state index is 0.323. The summed E-state index contributed by atoms with van der Waals surface area (Å²) in [5.74, 6) is 0.268. The first-order valence-electron chi connectivity index (χ1n) is 8.78. The zero-order valence-electron chi connectivity index (χ0n) is 15.8. The Morgan fingerprint density at radius 2 is 2.14 bits per heavy atom. The molecule has 2 aromatic rings. The lowest BCUT2D eigenvalue weighted by Gasteiger charge is -2.10. The van der Waals surface area contributed by atoms with Crippen molar-refractivity contribution in [3.8, 4) is 5.75 Å². The van der Waals surface area contributed by atoms with Crippen LogP contribution in [0.5, 0.6) is 5.75 Å². The van der Waals surface area contributed by atoms with E-state index in [1.165, 1.54) is 17.8 Å². The number of allylic oxidation sites excluding steroid dienone is 5. The molecule has 0 spiro atoms. The highest BCUT2D eigenvalue weighted by atomic mass is 16.3. The van der Waals surface area contributed by atoms with E-state index in [1.807, 2.05) is 37.3 Å². The summed E-state index contributed by atoms with van der Waals surface area (Å²) in [7, 11) is 0. The predicted octanol–water partition coefficient (Wildman–Crippen LogP) is 4.53. The fourth-order valence-corrected chi connectivity index (χ4v) is 2.76. The molecular weight excluding hydrogens is 348 g/mol. The van der Waals surface area contributed by atoms with E-state index >= 15 is 0 Å². The van der Waals surface area contributed by atoms with Crippen LogP contribution in [0.4, 0.5) is 0 Å². The maximum atomic E-state index is 11.4. The van der Waals surface area contributed by atoms with Gasteiger partial charge in [-0.2, -0.15) is 0 Å². The molecule has 1 aliphatic rings. The molecule has 3 rings (SSSR count). The standard InChI is InChI=1S/C24H20N2O2/c1-4-7-22(25-18(3)26-13-12-23(27)24(28)16-26)21-11-6-10-20(15-21)19-9-5-8-17(2)14-19/h4-5,7-9,11-16,28H,1H2,2-3H3/b22-7-,25-18+. The normalized spacial score (nSPS) is 13.9. The van der Waals surface area contributed by atoms with Gasteiger partial charge in [0.1, 0.15) is 5.84 Å². The molecule has 0 saturated heterocycles. The van der Waals surface area contributed by atoms with Crippen LogP contribution in [0.1, 0.15) is 18.1 Å². The number of aryl methyl sites for hydroxylation is 1. The van der Waals surface area contributed by atoms with E-state index in [9.17, 15) is 9.90 Å². The van der Waals surface area contributed by atoms with Crippen molar-refractivity contribution in [3.05, 3.63) is 118 Å². The molecule has 4 heteroatoms. The number of benzene rings is 1. The molecule has 138 valence electrons. The zero-order valence-corrected chi connectivity index (χ0v) is 15.8. The zero-order chi connectivity index (χ0) is 20.1. The molecule has 0 amide bonds. The van der Waals surface area contributed by atoms with Crippen LogP contribution in [-0.2, 0) is 0 Å². The molecule has 1 aromatic carbocycles. The number of hydrogen-bond donors (Lipinski definition) is 1. The van der Waals surface area contributed by atoms with Gasteiger partial charge in [-0.05, 0) is 37.6 Å². The Morgan fingerprint density at radius 1 is 1.32 bits per heavy atom. The van der Waals surface area contributed by atoms with Crippen LogP contribution in [0.25, 0.3) is 5.57 Å². The van der Waals surface area contributed by atoms with Crippen molar-refractivity contribution in [1.82, 2.24) is 4.57 Å². The van der Waals surface area contributed by atoms with E-state index in [2.05, 4.69) is 29.1 Å². The molecule has 0 bridgehead atoms. The smallest absolute Gasteiger partial charge is 0.223 e. The van der Waals surface area contributed by atoms with Crippen LogP contribution in [0.2, 0.25) is 0 Å². The third-order valence-electron chi connectivity index (χ3n) is 4.19. The van der Waals surface area contributed by atoms with Crippen LogP contribution in [-0.4, -0.2) is 15.5 Å². The van der Waals surface area contributed by atoms with Crippen LogP contribution < -0.4 is 5.43 Å². The van der Waals surface area contributed by atoms with Gasteiger partial charge in [0.2, 0.25) is 5.43 Å². The van der Waals surface area contributed by atoms with Crippen molar-refractivity contribution < 1.29 is 5.11 Å². The summed E-state index contributed by atoms with van der Waals surface area (Å²) < 4.78 is 1.59. The number of aromatic nitrogens is 1. The lowest BCUT2D eigenvalue weighted by molar-refractivity contribution is 0.466. The summed E-state index contributed by atoms with van der Waals surface area (Å²) >= 11 is 0. The molecule has 0 fully saturated rings. The molecule has 0 radical (unpaired) electrons. The largest absolute Gasteiger partial charge is 0.503 e. The quantitative estimate of drug-likeness (QED) is 0.373. The van der Waals surface area contributed by atoms with Gasteiger partial charge < -0.3 is 9.67 Å². The predicted molar refractivity (Wildman–Crippen MR) is 113 cm³/mol. The average molecular weight is 368 g/mol. The first-order valence-corrected chi connectivity index (χ1v) is 8.78. The number of aromatic hydroxyl groups is 1. The summed E-state index contributed by atoms with van der Waals surface area (Å²) in [4.78, 5) is 16.1. The lowest BCUT2D eigenvalue weighted by Crippen LogP contribution is -2.11. The van der Waals surface area contributed by atoms with Crippen LogP contribution >= 0.6 is 0 Å².